The zero-order valence-electron chi connectivity index (χ0n) is 16.0. The lowest BCUT2D eigenvalue weighted by molar-refractivity contribution is 0.122. The molecule has 9 nitrogen and oxygen atoms in total. The van der Waals surface area contributed by atoms with Crippen LogP contribution in [0, 0.1) is 0 Å². The van der Waals surface area contributed by atoms with Crippen molar-refractivity contribution in [3.05, 3.63) is 53.3 Å². The molecule has 1 aliphatic heterocycles. The SMILES string of the molecule is NC(O)c1c(Cl)cccc1-c1cc(N2CCOCC2)nc2c1cnn2-c1ccn[nH]1. The van der Waals surface area contributed by atoms with Crippen molar-refractivity contribution in [3.8, 4) is 16.9 Å². The van der Waals surface area contributed by atoms with Crippen molar-refractivity contribution < 1.29 is 9.84 Å². The maximum atomic E-state index is 10.2. The summed E-state index contributed by atoms with van der Waals surface area (Å²) in [6.07, 6.45) is 2.19. The normalized spacial score (nSPS) is 15.6. The smallest absolute Gasteiger partial charge is 0.167 e. The largest absolute Gasteiger partial charge is 0.378 e. The van der Waals surface area contributed by atoms with Crippen LogP contribution >= 0.6 is 11.6 Å². The minimum Gasteiger partial charge on any atom is -0.378 e. The molecule has 5 rings (SSSR count). The maximum Gasteiger partial charge on any atom is 0.167 e. The van der Waals surface area contributed by atoms with Crippen LogP contribution in [0.4, 0.5) is 5.82 Å². The van der Waals surface area contributed by atoms with E-state index in [1.54, 1.807) is 23.1 Å². The number of nitrogens with two attached hydrogens (primary N) is 1. The number of hydrogen-bond donors (Lipinski definition) is 3. The van der Waals surface area contributed by atoms with E-state index in [-0.39, 0.29) is 0 Å². The Labute approximate surface area is 177 Å². The van der Waals surface area contributed by atoms with E-state index in [0.29, 0.717) is 35.3 Å². The summed E-state index contributed by atoms with van der Waals surface area (Å²) in [4.78, 5) is 7.06. The molecule has 1 atom stereocenters. The van der Waals surface area contributed by atoms with Crippen LogP contribution in [0.2, 0.25) is 5.02 Å². The molecule has 4 N–H and O–H groups in total. The molecule has 30 heavy (non-hydrogen) atoms. The van der Waals surface area contributed by atoms with Gasteiger partial charge in [0, 0.05) is 35.1 Å². The number of aromatic nitrogens is 5. The molecule has 4 aromatic rings. The van der Waals surface area contributed by atoms with Crippen LogP contribution < -0.4 is 10.6 Å². The molecule has 4 heterocycles. The van der Waals surface area contributed by atoms with E-state index in [9.17, 15) is 5.11 Å². The molecule has 1 unspecified atom stereocenters. The lowest BCUT2D eigenvalue weighted by atomic mass is 9.97. The summed E-state index contributed by atoms with van der Waals surface area (Å²) in [5, 5.41) is 22.9. The average Bonchev–Trinajstić information content (AvgIpc) is 3.43. The predicted molar refractivity (Wildman–Crippen MR) is 114 cm³/mol. The van der Waals surface area contributed by atoms with Crippen molar-refractivity contribution >= 4 is 28.5 Å². The number of aliphatic hydroxyl groups is 1. The third kappa shape index (κ3) is 3.21. The topological polar surface area (TPSA) is 118 Å². The van der Waals surface area contributed by atoms with Crippen molar-refractivity contribution in [2.24, 2.45) is 5.73 Å². The van der Waals surface area contributed by atoms with Gasteiger partial charge in [-0.05, 0) is 23.3 Å². The van der Waals surface area contributed by atoms with E-state index in [0.717, 1.165) is 35.4 Å². The number of pyridine rings is 1. The fraction of sp³-hybridized carbons (Fsp3) is 0.250. The quantitative estimate of drug-likeness (QED) is 0.429. The van der Waals surface area contributed by atoms with Crippen LogP contribution in [0.3, 0.4) is 0 Å². The van der Waals surface area contributed by atoms with Gasteiger partial charge in [0.2, 0.25) is 0 Å². The molecular formula is C20H20ClN7O2. The molecule has 0 bridgehead atoms. The average molecular weight is 426 g/mol. The number of halogens is 1. The number of rotatable bonds is 4. The summed E-state index contributed by atoms with van der Waals surface area (Å²) in [5.74, 6) is 1.49. The van der Waals surface area contributed by atoms with Gasteiger partial charge in [-0.3, -0.25) is 5.10 Å². The number of anilines is 1. The first-order chi connectivity index (χ1) is 14.6. The Kier molecular flexibility index (Phi) is 4.87. The van der Waals surface area contributed by atoms with Crippen molar-refractivity contribution in [2.75, 3.05) is 31.2 Å². The first-order valence-electron chi connectivity index (χ1n) is 9.57. The number of benzene rings is 1. The number of fused-ring (bicyclic) bond motifs is 1. The molecule has 0 radical (unpaired) electrons. The summed E-state index contributed by atoms with van der Waals surface area (Å²) < 4.78 is 7.20. The van der Waals surface area contributed by atoms with Crippen molar-refractivity contribution in [1.82, 2.24) is 25.0 Å². The van der Waals surface area contributed by atoms with Crippen LogP contribution in [-0.4, -0.2) is 56.4 Å². The zero-order valence-corrected chi connectivity index (χ0v) is 16.8. The molecule has 154 valence electrons. The van der Waals surface area contributed by atoms with Crippen LogP contribution in [-0.2, 0) is 4.74 Å². The summed E-state index contributed by atoms with van der Waals surface area (Å²) in [6.45, 7) is 2.74. The lowest BCUT2D eigenvalue weighted by Crippen LogP contribution is -2.36. The fourth-order valence-corrected chi connectivity index (χ4v) is 4.07. The highest BCUT2D eigenvalue weighted by molar-refractivity contribution is 6.32. The van der Waals surface area contributed by atoms with E-state index in [2.05, 4.69) is 20.2 Å². The molecule has 1 aliphatic rings. The van der Waals surface area contributed by atoms with E-state index in [1.807, 2.05) is 24.3 Å². The first kappa shape index (κ1) is 19.0. The van der Waals surface area contributed by atoms with Gasteiger partial charge in [-0.25, -0.2) is 4.98 Å². The third-order valence-corrected chi connectivity index (χ3v) is 5.55. The van der Waals surface area contributed by atoms with Gasteiger partial charge >= 0.3 is 0 Å². The molecule has 0 saturated carbocycles. The number of ether oxygens (including phenoxy) is 1. The maximum absolute atomic E-state index is 10.2. The highest BCUT2D eigenvalue weighted by Crippen LogP contribution is 2.38. The molecule has 1 fully saturated rings. The van der Waals surface area contributed by atoms with Gasteiger partial charge in [0.1, 0.15) is 12.0 Å². The predicted octanol–water partition coefficient (Wildman–Crippen LogP) is 2.25. The van der Waals surface area contributed by atoms with Crippen LogP contribution in [0.25, 0.3) is 28.0 Å². The van der Waals surface area contributed by atoms with Crippen LogP contribution in [0.15, 0.2) is 42.7 Å². The molecule has 10 heteroatoms. The second kappa shape index (κ2) is 7.69. The Hall–Kier alpha value is -2.98. The molecule has 0 aliphatic carbocycles. The Bertz CT molecular complexity index is 1180. The Morgan fingerprint density at radius 1 is 1.20 bits per heavy atom. The Balaban J connectivity index is 1.78. The number of hydrogen-bond acceptors (Lipinski definition) is 7. The minimum atomic E-state index is -1.22. The molecule has 3 aromatic heterocycles. The molecule has 0 spiro atoms. The van der Waals surface area contributed by atoms with Crippen molar-refractivity contribution in [1.29, 1.82) is 0 Å². The van der Waals surface area contributed by atoms with Crippen LogP contribution in [0.1, 0.15) is 11.8 Å². The summed E-state index contributed by atoms with van der Waals surface area (Å²) in [6, 6.07) is 9.26. The van der Waals surface area contributed by atoms with E-state index < -0.39 is 6.23 Å². The Morgan fingerprint density at radius 2 is 2.03 bits per heavy atom. The zero-order chi connectivity index (χ0) is 20.7. The monoisotopic (exact) mass is 425 g/mol. The van der Waals surface area contributed by atoms with Gasteiger partial charge < -0.3 is 20.5 Å². The summed E-state index contributed by atoms with van der Waals surface area (Å²) >= 11 is 6.38. The number of aliphatic hydroxyl groups excluding tert-OH is 1. The minimum absolute atomic E-state index is 0.404. The lowest BCUT2D eigenvalue weighted by Gasteiger charge is -2.28. The second-order valence-corrected chi connectivity index (χ2v) is 7.42. The number of nitrogens with zero attached hydrogens (tertiary/aromatic N) is 5. The number of nitrogens with one attached hydrogen (secondary N) is 1. The summed E-state index contributed by atoms with van der Waals surface area (Å²) in [5.41, 5.74) is 8.56. The van der Waals surface area contributed by atoms with Crippen LogP contribution in [0.5, 0.6) is 0 Å². The first-order valence-corrected chi connectivity index (χ1v) is 9.95. The number of H-pyrrole nitrogens is 1. The third-order valence-electron chi connectivity index (χ3n) is 5.22. The molecular weight excluding hydrogens is 406 g/mol. The van der Waals surface area contributed by atoms with Gasteiger partial charge in [0.05, 0.1) is 25.6 Å². The standard InChI is InChI=1S/C20H20ClN7O2/c21-15-3-1-2-12(18(15)19(22)29)13-10-17(27-6-8-30-9-7-27)25-20-14(13)11-24-28(20)16-4-5-23-26-16/h1-5,10-11,19,29H,6-9,22H2,(H,23,26). The molecule has 1 aromatic carbocycles. The molecule has 1 saturated heterocycles. The highest BCUT2D eigenvalue weighted by atomic mass is 35.5. The van der Waals surface area contributed by atoms with Gasteiger partial charge in [0.15, 0.2) is 11.5 Å². The van der Waals surface area contributed by atoms with E-state index in [4.69, 9.17) is 27.1 Å². The number of aromatic amines is 1. The summed E-state index contributed by atoms with van der Waals surface area (Å²) in [7, 11) is 0. The van der Waals surface area contributed by atoms with Gasteiger partial charge in [-0.1, -0.05) is 23.7 Å². The van der Waals surface area contributed by atoms with Gasteiger partial charge in [-0.15, -0.1) is 0 Å². The van der Waals surface area contributed by atoms with Gasteiger partial charge in [-0.2, -0.15) is 14.9 Å². The second-order valence-electron chi connectivity index (χ2n) is 7.01. The van der Waals surface area contributed by atoms with Crippen molar-refractivity contribution in [3.63, 3.8) is 0 Å². The van der Waals surface area contributed by atoms with E-state index in [1.165, 1.54) is 0 Å². The van der Waals surface area contributed by atoms with Gasteiger partial charge in [0.25, 0.3) is 0 Å². The fourth-order valence-electron chi connectivity index (χ4n) is 3.78. The molecule has 0 amide bonds. The highest BCUT2D eigenvalue weighted by Gasteiger charge is 2.22. The Morgan fingerprint density at radius 3 is 2.77 bits per heavy atom. The van der Waals surface area contributed by atoms with E-state index >= 15 is 0 Å². The van der Waals surface area contributed by atoms with Crippen molar-refractivity contribution in [2.45, 2.75) is 6.23 Å². The number of morpholine rings is 1.